The third-order valence-electron chi connectivity index (χ3n) is 4.67. The molecule has 2 aromatic rings. The van der Waals surface area contributed by atoms with E-state index < -0.39 is 5.97 Å². The molecule has 2 N–H and O–H groups in total. The number of nitrogens with zero attached hydrogens (tertiary/aromatic N) is 2. The molecule has 5 nitrogen and oxygen atoms in total. The van der Waals surface area contributed by atoms with Crippen LogP contribution in [-0.2, 0) is 6.54 Å². The Morgan fingerprint density at radius 3 is 2.55 bits per heavy atom. The lowest BCUT2D eigenvalue weighted by molar-refractivity contribution is 0.0681. The second kappa shape index (κ2) is 13.3. The van der Waals surface area contributed by atoms with E-state index in [1.54, 1.807) is 22.9 Å². The number of benzene rings is 1. The van der Waals surface area contributed by atoms with Crippen LogP contribution in [0.3, 0.4) is 0 Å². The monoisotopic (exact) mass is 425 g/mol. The van der Waals surface area contributed by atoms with Gasteiger partial charge in [-0.3, -0.25) is 4.68 Å². The summed E-state index contributed by atoms with van der Waals surface area (Å²) in [6, 6.07) is 7.76. The maximum Gasteiger partial charge on any atom is 0.354 e. The van der Waals surface area contributed by atoms with Gasteiger partial charge in [0.2, 0.25) is 0 Å². The number of nitrogens with one attached hydrogen (secondary N) is 1. The highest BCUT2D eigenvalue weighted by Gasteiger charge is 2.18. The molecule has 0 saturated heterocycles. The van der Waals surface area contributed by atoms with Crippen LogP contribution in [0.1, 0.15) is 56.2 Å². The molecule has 0 aliphatic rings. The standard InChI is InChI=1S/C16H29N3O2.C6H4ClF/c1-5-7-17-10-14(8-12(3)6-2)11-19-15(16(20)21)9-13(4)18-19;7-5-3-1-2-4-6(5)8/h9,12,14,17H,5-8,10-11H2,1-4H3,(H,20,21);1-4H. The first-order valence-corrected chi connectivity index (χ1v) is 10.5. The van der Waals surface area contributed by atoms with E-state index in [0.29, 0.717) is 18.4 Å². The molecular formula is C22H33ClFN3O2. The van der Waals surface area contributed by atoms with E-state index >= 15 is 0 Å². The highest BCUT2D eigenvalue weighted by atomic mass is 35.5. The lowest BCUT2D eigenvalue weighted by atomic mass is 9.93. The van der Waals surface area contributed by atoms with E-state index in [0.717, 1.165) is 38.0 Å². The van der Waals surface area contributed by atoms with Crippen LogP contribution in [0.2, 0.25) is 5.02 Å². The third-order valence-corrected chi connectivity index (χ3v) is 4.98. The molecule has 2 rings (SSSR count). The highest BCUT2D eigenvalue weighted by Crippen LogP contribution is 2.18. The summed E-state index contributed by atoms with van der Waals surface area (Å²) < 4.78 is 13.8. The number of rotatable bonds is 10. The minimum absolute atomic E-state index is 0.174. The van der Waals surface area contributed by atoms with Gasteiger partial charge in [-0.1, -0.05) is 50.9 Å². The summed E-state index contributed by atoms with van der Waals surface area (Å²) in [5, 5.41) is 17.2. The third kappa shape index (κ3) is 9.41. The Morgan fingerprint density at radius 2 is 2.03 bits per heavy atom. The van der Waals surface area contributed by atoms with Crippen molar-refractivity contribution in [2.75, 3.05) is 13.1 Å². The fourth-order valence-electron chi connectivity index (χ4n) is 2.98. The molecule has 1 aromatic carbocycles. The number of aromatic nitrogens is 2. The quantitative estimate of drug-likeness (QED) is 0.498. The second-order valence-corrected chi connectivity index (χ2v) is 7.80. The normalized spacial score (nSPS) is 12.8. The maximum absolute atomic E-state index is 12.2. The Labute approximate surface area is 178 Å². The van der Waals surface area contributed by atoms with E-state index in [4.69, 9.17) is 11.6 Å². The molecule has 0 saturated carbocycles. The van der Waals surface area contributed by atoms with Gasteiger partial charge in [0, 0.05) is 6.54 Å². The number of carboxylic acid groups (broad SMARTS) is 1. The topological polar surface area (TPSA) is 67.2 Å². The maximum atomic E-state index is 12.2. The van der Waals surface area contributed by atoms with Gasteiger partial charge in [0.25, 0.3) is 0 Å². The number of aromatic carboxylic acids is 1. The molecular weight excluding hydrogens is 393 g/mol. The zero-order valence-electron chi connectivity index (χ0n) is 17.8. The molecule has 1 heterocycles. The molecule has 7 heteroatoms. The first kappa shape index (κ1) is 25.1. The molecule has 2 atom stereocenters. The van der Waals surface area contributed by atoms with Crippen LogP contribution in [0.15, 0.2) is 30.3 Å². The summed E-state index contributed by atoms with van der Waals surface area (Å²) in [4.78, 5) is 11.3. The lowest BCUT2D eigenvalue weighted by Gasteiger charge is -2.21. The summed E-state index contributed by atoms with van der Waals surface area (Å²) in [7, 11) is 0. The van der Waals surface area contributed by atoms with Crippen molar-refractivity contribution in [3.05, 3.63) is 52.6 Å². The van der Waals surface area contributed by atoms with Crippen molar-refractivity contribution >= 4 is 17.6 Å². The number of aryl methyl sites for hydroxylation is 1. The Morgan fingerprint density at radius 1 is 1.34 bits per heavy atom. The Hall–Kier alpha value is -1.92. The Kier molecular flexibility index (Phi) is 11.5. The molecule has 2 unspecified atom stereocenters. The van der Waals surface area contributed by atoms with Crippen molar-refractivity contribution < 1.29 is 14.3 Å². The van der Waals surface area contributed by atoms with E-state index in [2.05, 4.69) is 31.2 Å². The highest BCUT2D eigenvalue weighted by molar-refractivity contribution is 6.30. The average molecular weight is 426 g/mol. The fraction of sp³-hybridized carbons (Fsp3) is 0.545. The predicted octanol–water partition coefficient (Wildman–Crippen LogP) is 5.42. The van der Waals surface area contributed by atoms with Crippen LogP contribution in [0.4, 0.5) is 4.39 Å². The van der Waals surface area contributed by atoms with Crippen LogP contribution in [0, 0.1) is 24.6 Å². The van der Waals surface area contributed by atoms with Gasteiger partial charge in [-0.25, -0.2) is 9.18 Å². The van der Waals surface area contributed by atoms with Gasteiger partial charge in [0.15, 0.2) is 0 Å². The van der Waals surface area contributed by atoms with Crippen LogP contribution < -0.4 is 5.32 Å². The molecule has 0 radical (unpaired) electrons. The van der Waals surface area contributed by atoms with Crippen molar-refractivity contribution in [1.82, 2.24) is 15.1 Å². The molecule has 0 fully saturated rings. The molecule has 29 heavy (non-hydrogen) atoms. The summed E-state index contributed by atoms with van der Waals surface area (Å²) in [5.74, 6) is -0.221. The van der Waals surface area contributed by atoms with E-state index in [1.165, 1.54) is 12.1 Å². The van der Waals surface area contributed by atoms with Crippen molar-refractivity contribution in [3.8, 4) is 0 Å². The van der Waals surface area contributed by atoms with Gasteiger partial charge in [-0.2, -0.15) is 5.10 Å². The van der Waals surface area contributed by atoms with Gasteiger partial charge in [-0.15, -0.1) is 0 Å². The van der Waals surface area contributed by atoms with E-state index in [-0.39, 0.29) is 16.5 Å². The van der Waals surface area contributed by atoms with Gasteiger partial charge in [0.1, 0.15) is 11.5 Å². The van der Waals surface area contributed by atoms with Crippen LogP contribution >= 0.6 is 11.6 Å². The van der Waals surface area contributed by atoms with E-state index in [1.807, 2.05) is 6.92 Å². The number of carbonyl (C=O) groups is 1. The summed E-state index contributed by atoms with van der Waals surface area (Å²) in [5.41, 5.74) is 1.05. The fourth-order valence-corrected chi connectivity index (χ4v) is 3.12. The number of hydrogen-bond acceptors (Lipinski definition) is 3. The van der Waals surface area contributed by atoms with Crippen molar-refractivity contribution in [2.24, 2.45) is 11.8 Å². The lowest BCUT2D eigenvalue weighted by Crippen LogP contribution is -2.29. The summed E-state index contributed by atoms with van der Waals surface area (Å²) >= 11 is 5.33. The smallest absolute Gasteiger partial charge is 0.354 e. The first-order chi connectivity index (χ1) is 13.8. The molecule has 162 valence electrons. The van der Waals surface area contributed by atoms with Crippen molar-refractivity contribution in [2.45, 2.75) is 53.5 Å². The van der Waals surface area contributed by atoms with Gasteiger partial charge in [0.05, 0.1) is 10.7 Å². The Balaban J connectivity index is 0.000000436. The van der Waals surface area contributed by atoms with Gasteiger partial charge >= 0.3 is 5.97 Å². The Bertz CT molecular complexity index is 730. The number of halogens is 2. The predicted molar refractivity (Wildman–Crippen MR) is 116 cm³/mol. The van der Waals surface area contributed by atoms with E-state index in [9.17, 15) is 14.3 Å². The first-order valence-electron chi connectivity index (χ1n) is 10.2. The largest absolute Gasteiger partial charge is 0.477 e. The molecule has 0 bridgehead atoms. The molecule has 0 aliphatic carbocycles. The van der Waals surface area contributed by atoms with Crippen LogP contribution in [-0.4, -0.2) is 33.9 Å². The molecule has 0 aliphatic heterocycles. The second-order valence-electron chi connectivity index (χ2n) is 7.39. The zero-order chi connectivity index (χ0) is 21.8. The SMILES string of the molecule is CCCNCC(CC(C)CC)Cn1nc(C)cc1C(=O)O.Fc1ccccc1Cl. The van der Waals surface area contributed by atoms with Gasteiger partial charge in [-0.05, 0) is 62.9 Å². The van der Waals surface area contributed by atoms with Gasteiger partial charge < -0.3 is 10.4 Å². The van der Waals surface area contributed by atoms with Crippen LogP contribution in [0.5, 0.6) is 0 Å². The summed E-state index contributed by atoms with van der Waals surface area (Å²) in [6.07, 6.45) is 3.34. The van der Waals surface area contributed by atoms with Crippen LogP contribution in [0.25, 0.3) is 0 Å². The molecule has 1 aromatic heterocycles. The zero-order valence-corrected chi connectivity index (χ0v) is 18.5. The number of carboxylic acids is 1. The minimum atomic E-state index is -0.903. The molecule has 0 spiro atoms. The summed E-state index contributed by atoms with van der Waals surface area (Å²) in [6.45, 7) is 11.0. The van der Waals surface area contributed by atoms with Crippen molar-refractivity contribution in [3.63, 3.8) is 0 Å². The average Bonchev–Trinajstić information content (AvgIpc) is 3.05. The minimum Gasteiger partial charge on any atom is -0.477 e. The molecule has 0 amide bonds. The number of hydrogen-bond donors (Lipinski definition) is 2. The van der Waals surface area contributed by atoms with Crippen molar-refractivity contribution in [1.29, 1.82) is 0 Å².